The van der Waals surface area contributed by atoms with Gasteiger partial charge in [-0.2, -0.15) is 15.2 Å². The first-order chi connectivity index (χ1) is 7.11. The molecule has 3 N–H and O–H groups in total. The van der Waals surface area contributed by atoms with Crippen LogP contribution in [-0.2, 0) is 0 Å². The Morgan fingerprint density at radius 3 is 2.93 bits per heavy atom. The van der Waals surface area contributed by atoms with Gasteiger partial charge in [-0.3, -0.25) is 0 Å². The number of nitrogens with two attached hydrogens (primary N) is 1. The summed E-state index contributed by atoms with van der Waals surface area (Å²) in [4.78, 5) is 17.9. The molecule has 0 aromatic carbocycles. The summed E-state index contributed by atoms with van der Waals surface area (Å²) in [5, 5.41) is 20.9. The highest BCUT2D eigenvalue weighted by Gasteiger charge is 2.13. The SMILES string of the molecule is N#Cc1cn2nc(C(=O)O)nc2nc1N. The first-order valence-electron chi connectivity index (χ1n) is 3.78. The Morgan fingerprint density at radius 1 is 1.60 bits per heavy atom. The number of aromatic nitrogens is 4. The fourth-order valence-electron chi connectivity index (χ4n) is 1.01. The van der Waals surface area contributed by atoms with Gasteiger partial charge in [0.1, 0.15) is 17.5 Å². The highest BCUT2D eigenvalue weighted by atomic mass is 16.4. The van der Waals surface area contributed by atoms with Crippen molar-refractivity contribution in [2.45, 2.75) is 0 Å². The zero-order valence-electron chi connectivity index (χ0n) is 7.25. The lowest BCUT2D eigenvalue weighted by Gasteiger charge is -1.94. The molecule has 0 saturated heterocycles. The van der Waals surface area contributed by atoms with Gasteiger partial charge < -0.3 is 10.8 Å². The molecule has 8 heteroatoms. The molecule has 0 aliphatic carbocycles. The summed E-state index contributed by atoms with van der Waals surface area (Å²) < 4.78 is 1.10. The minimum atomic E-state index is -1.27. The monoisotopic (exact) mass is 204 g/mol. The zero-order chi connectivity index (χ0) is 11.0. The van der Waals surface area contributed by atoms with Gasteiger partial charge in [-0.25, -0.2) is 9.31 Å². The predicted molar refractivity (Wildman–Crippen MR) is 46.9 cm³/mol. The van der Waals surface area contributed by atoms with Crippen molar-refractivity contribution in [2.75, 3.05) is 5.73 Å². The highest BCUT2D eigenvalue weighted by molar-refractivity contribution is 5.83. The molecule has 0 aliphatic rings. The van der Waals surface area contributed by atoms with Crippen LogP contribution in [0.4, 0.5) is 5.82 Å². The van der Waals surface area contributed by atoms with Crippen molar-refractivity contribution in [1.29, 1.82) is 5.26 Å². The van der Waals surface area contributed by atoms with Gasteiger partial charge in [0, 0.05) is 0 Å². The topological polar surface area (TPSA) is 130 Å². The maximum atomic E-state index is 10.5. The van der Waals surface area contributed by atoms with Crippen molar-refractivity contribution < 1.29 is 9.90 Å². The van der Waals surface area contributed by atoms with E-state index in [1.807, 2.05) is 0 Å². The number of anilines is 1. The van der Waals surface area contributed by atoms with E-state index < -0.39 is 11.8 Å². The standard InChI is InChI=1S/C7H4N6O2/c8-1-3-2-13-7(10-4(3)9)11-5(12-13)6(14)15/h2H,(H,14,15)(H2,9,10,11,12). The number of carbonyl (C=O) groups is 1. The molecule has 2 aromatic rings. The van der Waals surface area contributed by atoms with Gasteiger partial charge in [0.05, 0.1) is 6.20 Å². The molecule has 8 nitrogen and oxygen atoms in total. The van der Waals surface area contributed by atoms with Crippen molar-refractivity contribution in [3.05, 3.63) is 17.6 Å². The molecule has 2 heterocycles. The summed E-state index contributed by atoms with van der Waals surface area (Å²) in [7, 11) is 0. The number of nitrogen functional groups attached to an aromatic ring is 1. The Balaban J connectivity index is 2.73. The lowest BCUT2D eigenvalue weighted by molar-refractivity contribution is 0.0684. The Kier molecular flexibility index (Phi) is 1.73. The number of nitriles is 1. The van der Waals surface area contributed by atoms with Gasteiger partial charge in [0.2, 0.25) is 0 Å². The van der Waals surface area contributed by atoms with Crippen LogP contribution in [0.1, 0.15) is 16.2 Å². The Hall–Kier alpha value is -2.69. The Morgan fingerprint density at radius 2 is 2.33 bits per heavy atom. The van der Waals surface area contributed by atoms with E-state index in [9.17, 15) is 4.79 Å². The largest absolute Gasteiger partial charge is 0.475 e. The third-order valence-corrected chi connectivity index (χ3v) is 1.67. The molecule has 15 heavy (non-hydrogen) atoms. The summed E-state index contributed by atoms with van der Waals surface area (Å²) in [5.74, 6) is -1.62. The summed E-state index contributed by atoms with van der Waals surface area (Å²) in [5.41, 5.74) is 5.54. The lowest BCUT2D eigenvalue weighted by atomic mass is 10.3. The van der Waals surface area contributed by atoms with Gasteiger partial charge in [0.15, 0.2) is 0 Å². The van der Waals surface area contributed by atoms with Crippen LogP contribution in [-0.4, -0.2) is 30.7 Å². The van der Waals surface area contributed by atoms with Crippen LogP contribution in [0.2, 0.25) is 0 Å². The summed E-state index contributed by atoms with van der Waals surface area (Å²) >= 11 is 0. The van der Waals surface area contributed by atoms with E-state index >= 15 is 0 Å². The Bertz CT molecular complexity index is 595. The van der Waals surface area contributed by atoms with Gasteiger partial charge >= 0.3 is 5.97 Å². The van der Waals surface area contributed by atoms with E-state index in [4.69, 9.17) is 16.1 Å². The first kappa shape index (κ1) is 8.89. The molecule has 0 bridgehead atoms. The summed E-state index contributed by atoms with van der Waals surface area (Å²) in [6.45, 7) is 0. The number of hydrogen-bond acceptors (Lipinski definition) is 6. The molecule has 0 radical (unpaired) electrons. The van der Waals surface area contributed by atoms with E-state index in [-0.39, 0.29) is 17.2 Å². The molecule has 0 amide bonds. The van der Waals surface area contributed by atoms with Crippen molar-refractivity contribution in [2.24, 2.45) is 0 Å². The van der Waals surface area contributed by atoms with Crippen LogP contribution < -0.4 is 5.73 Å². The van der Waals surface area contributed by atoms with Crippen molar-refractivity contribution >= 4 is 17.6 Å². The number of nitrogens with zero attached hydrogens (tertiary/aromatic N) is 5. The first-order valence-corrected chi connectivity index (χ1v) is 3.78. The zero-order valence-corrected chi connectivity index (χ0v) is 7.25. The molecule has 2 rings (SSSR count). The normalized spacial score (nSPS) is 10.1. The number of aromatic carboxylic acids is 1. The van der Waals surface area contributed by atoms with Crippen LogP contribution in [0.3, 0.4) is 0 Å². The second-order valence-electron chi connectivity index (χ2n) is 2.64. The second kappa shape index (κ2) is 2.91. The predicted octanol–water partition coefficient (Wildman–Crippen LogP) is -0.724. The second-order valence-corrected chi connectivity index (χ2v) is 2.64. The van der Waals surface area contributed by atoms with Crippen LogP contribution in [0.15, 0.2) is 6.20 Å². The fourth-order valence-corrected chi connectivity index (χ4v) is 1.01. The average molecular weight is 204 g/mol. The van der Waals surface area contributed by atoms with Crippen molar-refractivity contribution in [1.82, 2.24) is 19.6 Å². The quantitative estimate of drug-likeness (QED) is 0.626. The van der Waals surface area contributed by atoms with Crippen LogP contribution in [0.25, 0.3) is 5.78 Å². The summed E-state index contributed by atoms with van der Waals surface area (Å²) in [6.07, 6.45) is 1.27. The lowest BCUT2D eigenvalue weighted by Crippen LogP contribution is -2.00. The molecule has 0 spiro atoms. The molecule has 0 unspecified atom stereocenters. The smallest absolute Gasteiger partial charge is 0.375 e. The van der Waals surface area contributed by atoms with Gasteiger partial charge in [-0.1, -0.05) is 0 Å². The third-order valence-electron chi connectivity index (χ3n) is 1.67. The van der Waals surface area contributed by atoms with E-state index in [1.165, 1.54) is 6.20 Å². The highest BCUT2D eigenvalue weighted by Crippen LogP contribution is 2.08. The molecule has 0 fully saturated rings. The number of rotatable bonds is 1. The van der Waals surface area contributed by atoms with Crippen LogP contribution in [0.5, 0.6) is 0 Å². The van der Waals surface area contributed by atoms with Crippen molar-refractivity contribution in [3.8, 4) is 6.07 Å². The molecule has 0 saturated carbocycles. The minimum Gasteiger partial charge on any atom is -0.475 e. The fraction of sp³-hybridized carbons (Fsp3) is 0. The van der Waals surface area contributed by atoms with E-state index in [0.717, 1.165) is 4.52 Å². The maximum Gasteiger partial charge on any atom is 0.375 e. The minimum absolute atomic E-state index is 0.00524. The van der Waals surface area contributed by atoms with Gasteiger partial charge in [-0.05, 0) is 0 Å². The number of carboxylic acids is 1. The molecule has 2 aromatic heterocycles. The van der Waals surface area contributed by atoms with E-state index in [2.05, 4.69) is 15.1 Å². The van der Waals surface area contributed by atoms with Crippen molar-refractivity contribution in [3.63, 3.8) is 0 Å². The number of fused-ring (bicyclic) bond motifs is 1. The van der Waals surface area contributed by atoms with Crippen LogP contribution in [0, 0.1) is 11.3 Å². The molecule has 0 aliphatic heterocycles. The number of carboxylic acid groups (broad SMARTS) is 1. The summed E-state index contributed by atoms with van der Waals surface area (Å²) in [6, 6.07) is 1.80. The number of hydrogen-bond donors (Lipinski definition) is 2. The molecule has 0 atom stereocenters. The molecule has 74 valence electrons. The van der Waals surface area contributed by atoms with E-state index in [0.29, 0.717) is 0 Å². The molecular formula is C7H4N6O2. The van der Waals surface area contributed by atoms with Gasteiger partial charge in [-0.15, -0.1) is 5.10 Å². The molecular weight excluding hydrogens is 200 g/mol. The van der Waals surface area contributed by atoms with Gasteiger partial charge in [0.25, 0.3) is 11.6 Å². The van der Waals surface area contributed by atoms with Crippen LogP contribution >= 0.6 is 0 Å². The maximum absolute atomic E-state index is 10.5. The average Bonchev–Trinajstić information content (AvgIpc) is 2.59. The third kappa shape index (κ3) is 1.31. The Labute approximate surface area is 82.6 Å². The van der Waals surface area contributed by atoms with E-state index in [1.54, 1.807) is 6.07 Å².